The molecule has 0 amide bonds. The number of nitrogens with zero attached hydrogens (tertiary/aromatic N) is 1. The second-order valence-corrected chi connectivity index (χ2v) is 7.05. The Morgan fingerprint density at radius 1 is 1.09 bits per heavy atom. The van der Waals surface area contributed by atoms with Gasteiger partial charge in [-0.3, -0.25) is 4.79 Å². The largest absolute Gasteiger partial charge is 0.439 e. The number of hydrogen-bond donors (Lipinski definition) is 0. The van der Waals surface area contributed by atoms with Gasteiger partial charge in [0.2, 0.25) is 5.43 Å². The van der Waals surface area contributed by atoms with Crippen molar-refractivity contribution in [3.8, 4) is 11.1 Å². The summed E-state index contributed by atoms with van der Waals surface area (Å²) in [7, 11) is 0. The topological polar surface area (TPSA) is 33.5 Å². The van der Waals surface area contributed by atoms with Crippen LogP contribution in [-0.2, 0) is 0 Å². The van der Waals surface area contributed by atoms with E-state index in [9.17, 15) is 4.79 Å². The Labute approximate surface area is 139 Å². The highest BCUT2D eigenvalue weighted by Gasteiger charge is 2.18. The van der Waals surface area contributed by atoms with E-state index in [1.807, 2.05) is 5.38 Å². The Balaban J connectivity index is 1.84. The van der Waals surface area contributed by atoms with Gasteiger partial charge in [-0.25, -0.2) is 0 Å². The van der Waals surface area contributed by atoms with E-state index in [1.54, 1.807) is 6.07 Å². The van der Waals surface area contributed by atoms with Gasteiger partial charge in [0, 0.05) is 30.1 Å². The summed E-state index contributed by atoms with van der Waals surface area (Å²) in [5.41, 5.74) is 4.13. The number of thiophene rings is 1. The first-order valence-electron chi connectivity index (χ1n) is 8.10. The fraction of sp³-hybridized carbons (Fsp3) is 0.316. The molecule has 1 aliphatic heterocycles. The minimum atomic E-state index is 0.0650. The summed E-state index contributed by atoms with van der Waals surface area (Å²) in [5.74, 6) is 0.717. The first-order valence-corrected chi connectivity index (χ1v) is 8.98. The number of benzene rings is 1. The van der Waals surface area contributed by atoms with Crippen LogP contribution in [0.2, 0.25) is 0 Å². The molecule has 1 aromatic carbocycles. The maximum atomic E-state index is 12.5. The lowest BCUT2D eigenvalue weighted by Gasteiger charge is -2.26. The molecule has 1 aliphatic rings. The summed E-state index contributed by atoms with van der Waals surface area (Å²) >= 11 is 1.47. The van der Waals surface area contributed by atoms with E-state index in [-0.39, 0.29) is 5.43 Å². The predicted molar refractivity (Wildman–Crippen MR) is 96.6 cm³/mol. The van der Waals surface area contributed by atoms with Gasteiger partial charge >= 0.3 is 0 Å². The second kappa shape index (κ2) is 5.85. The first kappa shape index (κ1) is 14.5. The van der Waals surface area contributed by atoms with E-state index in [0.29, 0.717) is 10.6 Å². The van der Waals surface area contributed by atoms with E-state index in [0.717, 1.165) is 42.6 Å². The van der Waals surface area contributed by atoms with Crippen LogP contribution in [-0.4, -0.2) is 13.1 Å². The fourth-order valence-corrected chi connectivity index (χ4v) is 4.05. The number of rotatable bonds is 2. The summed E-state index contributed by atoms with van der Waals surface area (Å²) in [6.45, 7) is 4.01. The predicted octanol–water partition coefficient (Wildman–Crippen LogP) is 4.82. The van der Waals surface area contributed by atoms with Crippen LogP contribution in [0.5, 0.6) is 0 Å². The zero-order valence-corrected chi connectivity index (χ0v) is 14.0. The van der Waals surface area contributed by atoms with Crippen LogP contribution in [0.4, 0.5) is 5.88 Å². The number of aryl methyl sites for hydroxylation is 1. The summed E-state index contributed by atoms with van der Waals surface area (Å²) < 4.78 is 6.88. The molecule has 0 saturated carbocycles. The van der Waals surface area contributed by atoms with Crippen molar-refractivity contribution < 1.29 is 4.42 Å². The van der Waals surface area contributed by atoms with Gasteiger partial charge in [-0.2, -0.15) is 0 Å². The molecule has 3 nitrogen and oxygen atoms in total. The molecule has 0 N–H and O–H groups in total. The van der Waals surface area contributed by atoms with Crippen molar-refractivity contribution in [2.75, 3.05) is 18.0 Å². The molecule has 118 valence electrons. The van der Waals surface area contributed by atoms with Crippen LogP contribution in [0.15, 0.2) is 44.9 Å². The smallest absolute Gasteiger partial charge is 0.204 e. The van der Waals surface area contributed by atoms with Gasteiger partial charge in [0.05, 0.1) is 0 Å². The minimum absolute atomic E-state index is 0.0650. The Bertz CT molecular complexity index is 886. The standard InChI is InChI=1S/C19H19NO2S/c1-13-5-7-14(8-6-13)15-12-23-19-16(21)11-17(22-18(15)19)20-9-3-2-4-10-20/h5-8,11-12H,2-4,9-10H2,1H3. The van der Waals surface area contributed by atoms with Gasteiger partial charge in [-0.1, -0.05) is 29.8 Å². The van der Waals surface area contributed by atoms with Crippen molar-refractivity contribution >= 4 is 27.5 Å². The van der Waals surface area contributed by atoms with Crippen LogP contribution in [0.3, 0.4) is 0 Å². The minimum Gasteiger partial charge on any atom is -0.439 e. The highest BCUT2D eigenvalue weighted by Crippen LogP contribution is 2.34. The first-order chi connectivity index (χ1) is 11.2. The molecule has 1 saturated heterocycles. The quantitative estimate of drug-likeness (QED) is 0.677. The second-order valence-electron chi connectivity index (χ2n) is 6.17. The van der Waals surface area contributed by atoms with Crippen LogP contribution >= 0.6 is 11.3 Å². The van der Waals surface area contributed by atoms with E-state index in [4.69, 9.17) is 4.42 Å². The molecule has 4 heteroatoms. The van der Waals surface area contributed by atoms with Gasteiger partial charge < -0.3 is 9.32 Å². The van der Waals surface area contributed by atoms with Crippen LogP contribution in [0.1, 0.15) is 24.8 Å². The molecule has 0 bridgehead atoms. The normalized spacial score (nSPS) is 15.3. The molecule has 3 aromatic rings. The van der Waals surface area contributed by atoms with Crippen LogP contribution in [0, 0.1) is 6.92 Å². The third-order valence-electron chi connectivity index (χ3n) is 4.46. The SMILES string of the molecule is Cc1ccc(-c2csc3c(=O)cc(N4CCCCC4)oc23)cc1. The highest BCUT2D eigenvalue weighted by molar-refractivity contribution is 7.17. The van der Waals surface area contributed by atoms with Gasteiger partial charge in [-0.05, 0) is 31.7 Å². The Kier molecular flexibility index (Phi) is 3.69. The monoisotopic (exact) mass is 325 g/mol. The van der Waals surface area contributed by atoms with E-state index >= 15 is 0 Å². The zero-order valence-electron chi connectivity index (χ0n) is 13.2. The van der Waals surface area contributed by atoms with E-state index in [2.05, 4.69) is 36.1 Å². The molecule has 0 radical (unpaired) electrons. The average molecular weight is 325 g/mol. The van der Waals surface area contributed by atoms with Crippen molar-refractivity contribution in [3.05, 3.63) is 51.5 Å². The van der Waals surface area contributed by atoms with E-state index in [1.165, 1.54) is 23.3 Å². The molecule has 4 rings (SSSR count). The Hall–Kier alpha value is -2.07. The van der Waals surface area contributed by atoms with Gasteiger partial charge in [0.15, 0.2) is 11.5 Å². The summed E-state index contributed by atoms with van der Waals surface area (Å²) in [6.07, 6.45) is 3.59. The van der Waals surface area contributed by atoms with Gasteiger partial charge in [0.25, 0.3) is 0 Å². The maximum Gasteiger partial charge on any atom is 0.204 e. The summed E-state index contributed by atoms with van der Waals surface area (Å²) in [5, 5.41) is 2.03. The maximum absolute atomic E-state index is 12.5. The van der Waals surface area contributed by atoms with Crippen molar-refractivity contribution in [3.63, 3.8) is 0 Å². The van der Waals surface area contributed by atoms with Gasteiger partial charge in [-0.15, -0.1) is 11.3 Å². The lowest BCUT2D eigenvalue weighted by Crippen LogP contribution is -2.29. The van der Waals surface area contributed by atoms with Crippen molar-refractivity contribution in [2.24, 2.45) is 0 Å². The molecular formula is C19H19NO2S. The summed E-state index contributed by atoms with van der Waals surface area (Å²) in [6, 6.07) is 10.0. The third-order valence-corrected chi connectivity index (χ3v) is 5.44. The molecule has 1 fully saturated rings. The van der Waals surface area contributed by atoms with Crippen molar-refractivity contribution in [1.82, 2.24) is 0 Å². The zero-order chi connectivity index (χ0) is 15.8. The van der Waals surface area contributed by atoms with Crippen LogP contribution in [0.25, 0.3) is 21.4 Å². The van der Waals surface area contributed by atoms with Crippen LogP contribution < -0.4 is 10.3 Å². The molecular weight excluding hydrogens is 306 g/mol. The van der Waals surface area contributed by atoms with E-state index < -0.39 is 0 Å². The molecule has 2 aromatic heterocycles. The number of anilines is 1. The molecule has 0 unspecified atom stereocenters. The van der Waals surface area contributed by atoms with Gasteiger partial charge in [0.1, 0.15) is 4.70 Å². The Morgan fingerprint density at radius 3 is 2.57 bits per heavy atom. The molecule has 3 heterocycles. The summed E-state index contributed by atoms with van der Waals surface area (Å²) in [4.78, 5) is 14.7. The average Bonchev–Trinajstić information content (AvgIpc) is 3.01. The van der Waals surface area contributed by atoms with Crippen molar-refractivity contribution in [1.29, 1.82) is 0 Å². The fourth-order valence-electron chi connectivity index (χ4n) is 3.13. The highest BCUT2D eigenvalue weighted by atomic mass is 32.1. The molecule has 0 atom stereocenters. The number of fused-ring (bicyclic) bond motifs is 1. The van der Waals surface area contributed by atoms with Crippen molar-refractivity contribution in [2.45, 2.75) is 26.2 Å². The lowest BCUT2D eigenvalue weighted by molar-refractivity contribution is 0.513. The Morgan fingerprint density at radius 2 is 1.83 bits per heavy atom. The third kappa shape index (κ3) is 2.68. The molecule has 0 aliphatic carbocycles. The lowest BCUT2D eigenvalue weighted by atomic mass is 10.1. The number of piperidine rings is 1. The molecule has 0 spiro atoms. The number of hydrogen-bond acceptors (Lipinski definition) is 4. The molecule has 23 heavy (non-hydrogen) atoms.